The maximum absolute atomic E-state index is 12.8. The fraction of sp³-hybridized carbons (Fsp3) is 0.643. The minimum Gasteiger partial charge on any atom is -0.479 e. The molecular formula is C14H23N3O2. The lowest BCUT2D eigenvalue weighted by Crippen LogP contribution is -2.52. The standard InChI is InChI=1S/C14H23N3O2/c1-6-14(4,17(7-2)8-3)12(18)11-13(19-5)16-10-9-15-11/h9-10H,6-8H2,1-5H3. The number of rotatable bonds is 7. The van der Waals surface area contributed by atoms with Gasteiger partial charge in [0.2, 0.25) is 11.7 Å². The van der Waals surface area contributed by atoms with E-state index in [9.17, 15) is 4.79 Å². The van der Waals surface area contributed by atoms with Crippen LogP contribution in [0.3, 0.4) is 0 Å². The summed E-state index contributed by atoms with van der Waals surface area (Å²) >= 11 is 0. The highest BCUT2D eigenvalue weighted by molar-refractivity contribution is 6.03. The van der Waals surface area contributed by atoms with Crippen molar-refractivity contribution < 1.29 is 9.53 Å². The molecule has 1 atom stereocenters. The molecule has 0 radical (unpaired) electrons. The molecule has 106 valence electrons. The minimum atomic E-state index is -0.577. The van der Waals surface area contributed by atoms with E-state index in [1.807, 2.05) is 13.8 Å². The molecule has 1 aromatic heterocycles. The molecule has 0 fully saturated rings. The van der Waals surface area contributed by atoms with E-state index in [1.54, 1.807) is 0 Å². The van der Waals surface area contributed by atoms with E-state index in [0.29, 0.717) is 18.0 Å². The van der Waals surface area contributed by atoms with Crippen molar-refractivity contribution in [3.8, 4) is 5.88 Å². The van der Waals surface area contributed by atoms with Crippen LogP contribution in [0.4, 0.5) is 0 Å². The summed E-state index contributed by atoms with van der Waals surface area (Å²) in [6.07, 6.45) is 3.76. The molecule has 0 saturated carbocycles. The molecule has 1 unspecified atom stereocenters. The van der Waals surface area contributed by atoms with Gasteiger partial charge in [0.1, 0.15) is 0 Å². The van der Waals surface area contributed by atoms with Gasteiger partial charge < -0.3 is 4.74 Å². The maximum Gasteiger partial charge on any atom is 0.243 e. The molecule has 0 saturated heterocycles. The normalized spacial score (nSPS) is 14.2. The molecule has 0 aliphatic heterocycles. The molecule has 0 amide bonds. The number of hydrogen-bond acceptors (Lipinski definition) is 5. The van der Waals surface area contributed by atoms with Crippen molar-refractivity contribution in [2.45, 2.75) is 39.7 Å². The van der Waals surface area contributed by atoms with Gasteiger partial charge in [-0.25, -0.2) is 9.97 Å². The van der Waals surface area contributed by atoms with Crippen molar-refractivity contribution in [1.29, 1.82) is 0 Å². The highest BCUT2D eigenvalue weighted by Gasteiger charge is 2.39. The van der Waals surface area contributed by atoms with Crippen molar-refractivity contribution in [2.24, 2.45) is 0 Å². The first-order chi connectivity index (χ1) is 9.04. The molecule has 1 aromatic rings. The number of likely N-dealkylation sites (N-methyl/N-ethyl adjacent to an activating group) is 1. The predicted octanol–water partition coefficient (Wildman–Crippen LogP) is 2.18. The lowest BCUT2D eigenvalue weighted by atomic mass is 9.89. The number of ketones is 1. The Morgan fingerprint density at radius 3 is 2.32 bits per heavy atom. The van der Waals surface area contributed by atoms with E-state index < -0.39 is 5.54 Å². The summed E-state index contributed by atoms with van der Waals surface area (Å²) in [5.74, 6) is 0.253. The molecule has 0 N–H and O–H groups in total. The number of methoxy groups -OCH3 is 1. The first-order valence-corrected chi connectivity index (χ1v) is 6.69. The quantitative estimate of drug-likeness (QED) is 0.707. The van der Waals surface area contributed by atoms with Crippen LogP contribution in [0.2, 0.25) is 0 Å². The van der Waals surface area contributed by atoms with Gasteiger partial charge in [-0.2, -0.15) is 0 Å². The number of aromatic nitrogens is 2. The van der Waals surface area contributed by atoms with Crippen LogP contribution < -0.4 is 4.74 Å². The zero-order valence-corrected chi connectivity index (χ0v) is 12.4. The van der Waals surface area contributed by atoms with E-state index in [1.165, 1.54) is 19.5 Å². The van der Waals surface area contributed by atoms with Crippen LogP contribution in [-0.4, -0.2) is 46.4 Å². The summed E-state index contributed by atoms with van der Waals surface area (Å²) in [5.41, 5.74) is -0.270. The average molecular weight is 265 g/mol. The Kier molecular flexibility index (Phi) is 5.42. The number of hydrogen-bond donors (Lipinski definition) is 0. The van der Waals surface area contributed by atoms with Gasteiger partial charge in [0.25, 0.3) is 0 Å². The Bertz CT molecular complexity index is 432. The first-order valence-electron chi connectivity index (χ1n) is 6.69. The third kappa shape index (κ3) is 2.92. The second kappa shape index (κ2) is 6.61. The van der Waals surface area contributed by atoms with E-state index >= 15 is 0 Å². The van der Waals surface area contributed by atoms with Crippen molar-refractivity contribution in [3.05, 3.63) is 18.1 Å². The number of nitrogens with zero attached hydrogens (tertiary/aromatic N) is 3. The van der Waals surface area contributed by atoms with Gasteiger partial charge in [0, 0.05) is 12.4 Å². The van der Waals surface area contributed by atoms with Crippen molar-refractivity contribution in [1.82, 2.24) is 14.9 Å². The van der Waals surface area contributed by atoms with Crippen molar-refractivity contribution >= 4 is 5.78 Å². The highest BCUT2D eigenvalue weighted by atomic mass is 16.5. The zero-order chi connectivity index (χ0) is 14.5. The number of carbonyl (C=O) groups excluding carboxylic acids is 1. The molecule has 1 heterocycles. The summed E-state index contributed by atoms with van der Waals surface area (Å²) in [4.78, 5) is 23.2. The highest BCUT2D eigenvalue weighted by Crippen LogP contribution is 2.26. The van der Waals surface area contributed by atoms with Crippen LogP contribution in [0.1, 0.15) is 44.6 Å². The lowest BCUT2D eigenvalue weighted by molar-refractivity contribution is 0.0598. The van der Waals surface area contributed by atoms with Crippen LogP contribution in [0.15, 0.2) is 12.4 Å². The first kappa shape index (κ1) is 15.6. The van der Waals surface area contributed by atoms with Gasteiger partial charge in [0.05, 0.1) is 12.6 Å². The van der Waals surface area contributed by atoms with Crippen LogP contribution in [0.5, 0.6) is 5.88 Å². The van der Waals surface area contributed by atoms with Crippen LogP contribution >= 0.6 is 0 Å². The van der Waals surface area contributed by atoms with E-state index in [4.69, 9.17) is 4.74 Å². The Balaban J connectivity index is 3.21. The molecule has 0 aliphatic carbocycles. The van der Waals surface area contributed by atoms with Crippen LogP contribution in [0.25, 0.3) is 0 Å². The van der Waals surface area contributed by atoms with E-state index in [0.717, 1.165) is 13.1 Å². The van der Waals surface area contributed by atoms with Gasteiger partial charge >= 0.3 is 0 Å². The van der Waals surface area contributed by atoms with E-state index in [-0.39, 0.29) is 5.78 Å². The molecule has 0 bridgehead atoms. The maximum atomic E-state index is 12.8. The molecule has 19 heavy (non-hydrogen) atoms. The summed E-state index contributed by atoms with van der Waals surface area (Å²) in [6.45, 7) is 9.71. The molecule has 5 heteroatoms. The molecule has 0 aromatic carbocycles. The third-order valence-electron chi connectivity index (χ3n) is 3.71. The summed E-state index contributed by atoms with van der Waals surface area (Å²) in [6, 6.07) is 0. The largest absolute Gasteiger partial charge is 0.479 e. The predicted molar refractivity (Wildman–Crippen MR) is 74.5 cm³/mol. The SMILES string of the molecule is CCN(CC)C(C)(CC)C(=O)c1nccnc1OC. The second-order valence-corrected chi connectivity index (χ2v) is 4.54. The van der Waals surface area contributed by atoms with Crippen molar-refractivity contribution in [3.63, 3.8) is 0 Å². The van der Waals surface area contributed by atoms with Crippen LogP contribution in [0, 0.1) is 0 Å². The molecule has 1 rings (SSSR count). The van der Waals surface area contributed by atoms with Gasteiger partial charge in [-0.3, -0.25) is 9.69 Å². The lowest BCUT2D eigenvalue weighted by Gasteiger charge is -2.38. The molecular weight excluding hydrogens is 242 g/mol. The van der Waals surface area contributed by atoms with E-state index in [2.05, 4.69) is 28.7 Å². The fourth-order valence-corrected chi connectivity index (χ4v) is 2.33. The average Bonchev–Trinajstić information content (AvgIpc) is 2.47. The van der Waals surface area contributed by atoms with Gasteiger partial charge in [-0.1, -0.05) is 20.8 Å². The molecule has 0 spiro atoms. The Labute approximate surface area is 115 Å². The molecule has 0 aliphatic rings. The fourth-order valence-electron chi connectivity index (χ4n) is 2.33. The monoisotopic (exact) mass is 265 g/mol. The minimum absolute atomic E-state index is 0.0383. The Morgan fingerprint density at radius 2 is 1.84 bits per heavy atom. The molecule has 5 nitrogen and oxygen atoms in total. The third-order valence-corrected chi connectivity index (χ3v) is 3.71. The number of Topliss-reactive ketones (excluding diaryl/α,β-unsaturated/α-hetero) is 1. The second-order valence-electron chi connectivity index (χ2n) is 4.54. The summed E-state index contributed by atoms with van der Waals surface area (Å²) < 4.78 is 5.14. The summed E-state index contributed by atoms with van der Waals surface area (Å²) in [7, 11) is 1.50. The topological polar surface area (TPSA) is 55.3 Å². The van der Waals surface area contributed by atoms with Crippen molar-refractivity contribution in [2.75, 3.05) is 20.2 Å². The number of carbonyl (C=O) groups is 1. The zero-order valence-electron chi connectivity index (χ0n) is 12.4. The van der Waals surface area contributed by atoms with Crippen LogP contribution in [-0.2, 0) is 0 Å². The van der Waals surface area contributed by atoms with Gasteiger partial charge in [-0.05, 0) is 26.4 Å². The summed E-state index contributed by atoms with van der Waals surface area (Å²) in [5, 5.41) is 0. The Morgan fingerprint density at radius 1 is 1.26 bits per heavy atom. The smallest absolute Gasteiger partial charge is 0.243 e. The van der Waals surface area contributed by atoms with Gasteiger partial charge in [0.15, 0.2) is 5.69 Å². The Hall–Kier alpha value is -1.49. The van der Waals surface area contributed by atoms with Gasteiger partial charge in [-0.15, -0.1) is 0 Å². The number of ether oxygens (including phenoxy) is 1.